The Balaban J connectivity index is 3.20. The third kappa shape index (κ3) is 2.61. The van der Waals surface area contributed by atoms with Crippen LogP contribution in [0.2, 0.25) is 0 Å². The second-order valence-corrected chi connectivity index (χ2v) is 5.81. The molecule has 0 aromatic heterocycles. The molecule has 0 bridgehead atoms. The van der Waals surface area contributed by atoms with Gasteiger partial charge in [-0.2, -0.15) is 0 Å². The van der Waals surface area contributed by atoms with Crippen LogP contribution in [0, 0.1) is 0 Å². The first-order valence-electron chi connectivity index (χ1n) is 4.94. The summed E-state index contributed by atoms with van der Waals surface area (Å²) >= 11 is 0. The van der Waals surface area contributed by atoms with Crippen LogP contribution >= 0.6 is 0 Å². The number of sulfone groups is 1. The van der Waals surface area contributed by atoms with E-state index in [4.69, 9.17) is 5.11 Å². The largest absolute Gasteiger partial charge is 0.481 e. The maximum absolute atomic E-state index is 11.6. The topological polar surface area (TPSA) is 71.4 Å². The molecule has 0 aliphatic rings. The molecule has 1 aromatic rings. The van der Waals surface area contributed by atoms with Gasteiger partial charge in [0.2, 0.25) is 0 Å². The van der Waals surface area contributed by atoms with Gasteiger partial charge in [0.05, 0.1) is 16.6 Å². The zero-order valence-corrected chi connectivity index (χ0v) is 9.99. The van der Waals surface area contributed by atoms with E-state index in [0.717, 1.165) is 0 Å². The summed E-state index contributed by atoms with van der Waals surface area (Å²) in [4.78, 5) is 11.0. The van der Waals surface area contributed by atoms with E-state index in [1.807, 2.05) is 0 Å². The molecule has 5 heteroatoms. The van der Waals surface area contributed by atoms with E-state index in [1.54, 1.807) is 19.1 Å². The second-order valence-electron chi connectivity index (χ2n) is 3.54. The number of carbonyl (C=O) groups is 1. The van der Waals surface area contributed by atoms with Gasteiger partial charge in [0.15, 0.2) is 9.84 Å². The third-order valence-electron chi connectivity index (χ3n) is 2.47. The molecule has 1 N–H and O–H groups in total. The van der Waals surface area contributed by atoms with Crippen molar-refractivity contribution in [3.8, 4) is 0 Å². The lowest BCUT2D eigenvalue weighted by molar-refractivity contribution is -0.138. The van der Waals surface area contributed by atoms with Gasteiger partial charge in [0.1, 0.15) is 0 Å². The Morgan fingerprint density at radius 3 is 2.56 bits per heavy atom. The van der Waals surface area contributed by atoms with Gasteiger partial charge in [-0.15, -0.1) is 0 Å². The zero-order chi connectivity index (χ0) is 12.3. The number of benzene rings is 1. The molecule has 0 saturated carbocycles. The van der Waals surface area contributed by atoms with E-state index in [-0.39, 0.29) is 10.6 Å². The number of hydrogen-bond acceptors (Lipinski definition) is 3. The van der Waals surface area contributed by atoms with Crippen molar-refractivity contribution >= 4 is 15.8 Å². The normalized spacial score (nSPS) is 13.4. The van der Waals surface area contributed by atoms with Gasteiger partial charge in [0, 0.05) is 0 Å². The van der Waals surface area contributed by atoms with Crippen LogP contribution in [0.4, 0.5) is 0 Å². The fourth-order valence-corrected chi connectivity index (χ4v) is 2.22. The molecule has 0 heterocycles. The van der Waals surface area contributed by atoms with Gasteiger partial charge in [-0.3, -0.25) is 4.79 Å². The maximum atomic E-state index is 11.6. The van der Waals surface area contributed by atoms with Crippen LogP contribution in [-0.4, -0.2) is 25.2 Å². The van der Waals surface area contributed by atoms with E-state index >= 15 is 0 Å². The molecule has 1 atom stereocenters. The Morgan fingerprint density at radius 2 is 2.06 bits per heavy atom. The van der Waals surface area contributed by atoms with Crippen LogP contribution in [-0.2, 0) is 14.6 Å². The molecule has 88 valence electrons. The summed E-state index contributed by atoms with van der Waals surface area (Å²) in [5.41, 5.74) is 0.502. The molecular weight excluding hydrogens is 228 g/mol. The molecule has 16 heavy (non-hydrogen) atoms. The lowest BCUT2D eigenvalue weighted by Crippen LogP contribution is -2.09. The smallest absolute Gasteiger partial charge is 0.310 e. The predicted octanol–water partition coefficient (Wildman–Crippen LogP) is 1.67. The molecule has 0 spiro atoms. The molecule has 0 radical (unpaired) electrons. The van der Waals surface area contributed by atoms with Crippen molar-refractivity contribution in [1.29, 1.82) is 0 Å². The van der Waals surface area contributed by atoms with Gasteiger partial charge in [-0.05, 0) is 24.6 Å². The van der Waals surface area contributed by atoms with E-state index in [9.17, 15) is 13.2 Å². The summed E-state index contributed by atoms with van der Waals surface area (Å²) in [6.07, 6.45) is 0. The Hall–Kier alpha value is -1.36. The van der Waals surface area contributed by atoms with E-state index in [1.165, 1.54) is 19.1 Å². The minimum Gasteiger partial charge on any atom is -0.481 e. The maximum Gasteiger partial charge on any atom is 0.310 e. The average molecular weight is 242 g/mol. The van der Waals surface area contributed by atoms with Crippen molar-refractivity contribution < 1.29 is 18.3 Å². The summed E-state index contributed by atoms with van der Waals surface area (Å²) in [5.74, 6) is -1.66. The molecule has 0 saturated heterocycles. The highest BCUT2D eigenvalue weighted by atomic mass is 32.2. The first-order chi connectivity index (χ1) is 7.38. The first kappa shape index (κ1) is 12.7. The molecule has 0 fully saturated rings. The molecule has 0 aliphatic heterocycles. The summed E-state index contributed by atoms with van der Waals surface area (Å²) in [6, 6.07) is 6.10. The van der Waals surface area contributed by atoms with E-state index < -0.39 is 21.7 Å². The lowest BCUT2D eigenvalue weighted by atomic mass is 10.0. The van der Waals surface area contributed by atoms with Crippen molar-refractivity contribution in [2.45, 2.75) is 24.7 Å². The average Bonchev–Trinajstić information content (AvgIpc) is 2.28. The summed E-state index contributed by atoms with van der Waals surface area (Å²) in [5, 5.41) is 8.84. The molecule has 1 rings (SSSR count). The van der Waals surface area contributed by atoms with Crippen LogP contribution in [0.25, 0.3) is 0 Å². The highest BCUT2D eigenvalue weighted by Gasteiger charge is 2.17. The van der Waals surface area contributed by atoms with Gasteiger partial charge < -0.3 is 5.11 Å². The third-order valence-corrected chi connectivity index (χ3v) is 4.20. The first-order valence-corrected chi connectivity index (χ1v) is 6.59. The Labute approximate surface area is 94.8 Å². The predicted molar refractivity (Wildman–Crippen MR) is 60.2 cm³/mol. The van der Waals surface area contributed by atoms with Crippen molar-refractivity contribution in [3.63, 3.8) is 0 Å². The molecule has 0 aliphatic carbocycles. The minimum absolute atomic E-state index is 0.0118. The number of carboxylic acids is 1. The van der Waals surface area contributed by atoms with Crippen LogP contribution in [0.3, 0.4) is 0 Å². The SMILES string of the molecule is CCS(=O)(=O)c1cccc(C(C)C(=O)O)c1. The number of carboxylic acid groups (broad SMARTS) is 1. The molecular formula is C11H14O4S. The van der Waals surface area contributed by atoms with Crippen LogP contribution in [0.5, 0.6) is 0 Å². The lowest BCUT2D eigenvalue weighted by Gasteiger charge is -2.08. The van der Waals surface area contributed by atoms with Crippen LogP contribution in [0.15, 0.2) is 29.2 Å². The Bertz CT molecular complexity index is 490. The monoisotopic (exact) mass is 242 g/mol. The summed E-state index contributed by atoms with van der Waals surface area (Å²) in [6.45, 7) is 3.09. The summed E-state index contributed by atoms with van der Waals surface area (Å²) < 4.78 is 23.2. The standard InChI is InChI=1S/C11H14O4S/c1-3-16(14,15)10-6-4-5-9(7-10)8(2)11(12)13/h4-8H,3H2,1-2H3,(H,12,13). The van der Waals surface area contributed by atoms with Gasteiger partial charge >= 0.3 is 5.97 Å². The van der Waals surface area contributed by atoms with Gasteiger partial charge in [-0.1, -0.05) is 19.1 Å². The molecule has 1 aromatic carbocycles. The van der Waals surface area contributed by atoms with Crippen molar-refractivity contribution in [2.75, 3.05) is 5.75 Å². The van der Waals surface area contributed by atoms with Crippen molar-refractivity contribution in [1.82, 2.24) is 0 Å². The fraction of sp³-hybridized carbons (Fsp3) is 0.364. The van der Waals surface area contributed by atoms with Crippen molar-refractivity contribution in [2.24, 2.45) is 0 Å². The highest BCUT2D eigenvalue weighted by molar-refractivity contribution is 7.91. The Kier molecular flexibility index (Phi) is 3.70. The van der Waals surface area contributed by atoms with Crippen LogP contribution < -0.4 is 0 Å². The Morgan fingerprint density at radius 1 is 1.44 bits per heavy atom. The summed E-state index contributed by atoms with van der Waals surface area (Å²) in [7, 11) is -3.27. The minimum atomic E-state index is -3.27. The van der Waals surface area contributed by atoms with Crippen LogP contribution in [0.1, 0.15) is 25.3 Å². The van der Waals surface area contributed by atoms with Gasteiger partial charge in [-0.25, -0.2) is 8.42 Å². The quantitative estimate of drug-likeness (QED) is 0.871. The van der Waals surface area contributed by atoms with Gasteiger partial charge in [0.25, 0.3) is 0 Å². The van der Waals surface area contributed by atoms with E-state index in [2.05, 4.69) is 0 Å². The zero-order valence-electron chi connectivity index (χ0n) is 9.17. The van der Waals surface area contributed by atoms with E-state index in [0.29, 0.717) is 5.56 Å². The number of hydrogen-bond donors (Lipinski definition) is 1. The van der Waals surface area contributed by atoms with Crippen molar-refractivity contribution in [3.05, 3.63) is 29.8 Å². The highest BCUT2D eigenvalue weighted by Crippen LogP contribution is 2.20. The molecule has 4 nitrogen and oxygen atoms in total. The number of aliphatic carboxylic acids is 1. The number of rotatable bonds is 4. The molecule has 1 unspecified atom stereocenters. The molecule has 0 amide bonds. The second kappa shape index (κ2) is 4.65. The fourth-order valence-electron chi connectivity index (χ4n) is 1.29.